The van der Waals surface area contributed by atoms with Crippen LogP contribution in [0, 0.1) is 12.3 Å². The minimum atomic E-state index is 0.347. The predicted molar refractivity (Wildman–Crippen MR) is 26.0 cm³/mol. The first-order valence-corrected chi connectivity index (χ1v) is 1.50. The molecule has 6 heavy (non-hydrogen) atoms. The molecular formula is C4H9NO. The van der Waals surface area contributed by atoms with Crippen LogP contribution in [0.3, 0.4) is 0 Å². The summed E-state index contributed by atoms with van der Waals surface area (Å²) >= 11 is 0. The maximum atomic E-state index is 7.00. The molecule has 36 valence electrons. The van der Waals surface area contributed by atoms with Gasteiger partial charge in [-0.1, -0.05) is 5.92 Å². The Kier molecular flexibility index (Phi) is 37.5. The largest absolute Gasteiger partial charge is 0.400 e. The summed E-state index contributed by atoms with van der Waals surface area (Å²) in [6.07, 6.45) is 4.65. The Morgan fingerprint density at radius 2 is 2.00 bits per heavy atom. The summed E-state index contributed by atoms with van der Waals surface area (Å²) in [6.45, 7) is 0.347. The third-order valence-corrected chi connectivity index (χ3v) is 0.118. The fourth-order valence-corrected chi connectivity index (χ4v) is 0. The van der Waals surface area contributed by atoms with E-state index in [0.717, 1.165) is 7.11 Å². The van der Waals surface area contributed by atoms with Gasteiger partial charge in [-0.15, -0.1) is 6.42 Å². The second kappa shape index (κ2) is 24.8. The molecule has 0 unspecified atom stereocenters. The van der Waals surface area contributed by atoms with Gasteiger partial charge in [-0.25, -0.2) is 0 Å². The predicted octanol–water partition coefficient (Wildman–Crippen LogP) is -0.813. The lowest BCUT2D eigenvalue weighted by Crippen LogP contribution is -1.91. The first kappa shape index (κ1) is 9.08. The smallest absolute Gasteiger partial charge is 0.0548 e. The van der Waals surface area contributed by atoms with E-state index in [0.29, 0.717) is 6.54 Å². The fraction of sp³-hybridized carbons (Fsp3) is 0.500. The summed E-state index contributed by atoms with van der Waals surface area (Å²) in [4.78, 5) is 0. The van der Waals surface area contributed by atoms with Crippen molar-refractivity contribution in [3.05, 3.63) is 0 Å². The quantitative estimate of drug-likeness (QED) is 0.379. The van der Waals surface area contributed by atoms with Crippen LogP contribution in [-0.4, -0.2) is 18.8 Å². The molecule has 0 aliphatic heterocycles. The molecule has 2 heteroatoms. The van der Waals surface area contributed by atoms with E-state index in [4.69, 9.17) is 10.8 Å². The van der Waals surface area contributed by atoms with Crippen molar-refractivity contribution in [2.75, 3.05) is 13.7 Å². The number of hydrogen-bond acceptors (Lipinski definition) is 2. The summed E-state index contributed by atoms with van der Waals surface area (Å²) in [6, 6.07) is 0. The highest BCUT2D eigenvalue weighted by Crippen LogP contribution is 1.25. The van der Waals surface area contributed by atoms with E-state index in [-0.39, 0.29) is 0 Å². The average Bonchev–Trinajstić information content (AvgIpc) is 1.72. The number of hydrogen-bond donors (Lipinski definition) is 2. The van der Waals surface area contributed by atoms with Crippen molar-refractivity contribution in [2.45, 2.75) is 0 Å². The Labute approximate surface area is 38.0 Å². The van der Waals surface area contributed by atoms with Gasteiger partial charge in [0.05, 0.1) is 6.54 Å². The van der Waals surface area contributed by atoms with E-state index in [2.05, 4.69) is 12.3 Å². The summed E-state index contributed by atoms with van der Waals surface area (Å²) in [5, 5.41) is 7.00. The SMILES string of the molecule is C#CCN.CO. The molecule has 0 amide bonds. The minimum absolute atomic E-state index is 0.347. The van der Waals surface area contributed by atoms with Crippen LogP contribution in [0.15, 0.2) is 0 Å². The second-order valence-electron chi connectivity index (χ2n) is 0.408. The van der Waals surface area contributed by atoms with Gasteiger partial charge in [0.25, 0.3) is 0 Å². The standard InChI is InChI=1S/C3H5N.CH4O/c1-2-3-4;1-2/h1H,3-4H2;2H,1H3. The molecule has 0 fully saturated rings. The van der Waals surface area contributed by atoms with Gasteiger partial charge >= 0.3 is 0 Å². The zero-order valence-corrected chi connectivity index (χ0v) is 3.81. The Morgan fingerprint density at radius 3 is 2.00 bits per heavy atom. The Hall–Kier alpha value is -0.520. The van der Waals surface area contributed by atoms with Crippen LogP contribution in [0.1, 0.15) is 0 Å². The molecule has 0 aromatic carbocycles. The zero-order chi connectivity index (χ0) is 5.41. The molecule has 0 aromatic heterocycles. The molecule has 0 radical (unpaired) electrons. The molecule has 0 spiro atoms. The fourth-order valence-electron chi connectivity index (χ4n) is 0. The van der Waals surface area contributed by atoms with Crippen molar-refractivity contribution in [1.29, 1.82) is 0 Å². The number of aliphatic hydroxyl groups excluding tert-OH is 1. The van der Waals surface area contributed by atoms with E-state index in [9.17, 15) is 0 Å². The van der Waals surface area contributed by atoms with Gasteiger partial charge in [0.1, 0.15) is 0 Å². The molecule has 0 aromatic rings. The molecular weight excluding hydrogens is 78.0 g/mol. The first-order valence-electron chi connectivity index (χ1n) is 1.50. The third kappa shape index (κ3) is 92.9. The number of nitrogens with two attached hydrogens (primary N) is 1. The molecule has 0 aliphatic rings. The summed E-state index contributed by atoms with van der Waals surface area (Å²) in [5.41, 5.74) is 4.79. The average molecular weight is 87.1 g/mol. The number of aliphatic hydroxyl groups is 1. The van der Waals surface area contributed by atoms with Crippen LogP contribution in [0.25, 0.3) is 0 Å². The Morgan fingerprint density at radius 1 is 1.83 bits per heavy atom. The monoisotopic (exact) mass is 87.1 g/mol. The van der Waals surface area contributed by atoms with Gasteiger partial charge in [-0.2, -0.15) is 0 Å². The summed E-state index contributed by atoms with van der Waals surface area (Å²) < 4.78 is 0. The maximum Gasteiger partial charge on any atom is 0.0548 e. The van der Waals surface area contributed by atoms with Crippen molar-refractivity contribution >= 4 is 0 Å². The third-order valence-electron chi connectivity index (χ3n) is 0.118. The van der Waals surface area contributed by atoms with Crippen LogP contribution >= 0.6 is 0 Å². The first-order chi connectivity index (χ1) is 2.91. The molecule has 0 saturated heterocycles. The summed E-state index contributed by atoms with van der Waals surface area (Å²) in [7, 11) is 1.00. The van der Waals surface area contributed by atoms with Gasteiger partial charge in [0, 0.05) is 7.11 Å². The van der Waals surface area contributed by atoms with Crippen molar-refractivity contribution in [2.24, 2.45) is 5.73 Å². The van der Waals surface area contributed by atoms with Crippen molar-refractivity contribution < 1.29 is 5.11 Å². The van der Waals surface area contributed by atoms with Crippen LogP contribution in [0.4, 0.5) is 0 Å². The van der Waals surface area contributed by atoms with Crippen LogP contribution in [-0.2, 0) is 0 Å². The number of rotatable bonds is 0. The molecule has 0 saturated carbocycles. The minimum Gasteiger partial charge on any atom is -0.400 e. The van der Waals surface area contributed by atoms with Crippen LogP contribution in [0.2, 0.25) is 0 Å². The van der Waals surface area contributed by atoms with E-state index in [1.807, 2.05) is 0 Å². The molecule has 2 nitrogen and oxygen atoms in total. The maximum absolute atomic E-state index is 7.00. The molecule has 0 heterocycles. The van der Waals surface area contributed by atoms with Gasteiger partial charge in [-0.3, -0.25) is 0 Å². The Bertz CT molecular complexity index is 37.3. The van der Waals surface area contributed by atoms with Crippen molar-refractivity contribution in [3.8, 4) is 12.3 Å². The molecule has 0 aliphatic carbocycles. The number of terminal acetylenes is 1. The molecule has 3 N–H and O–H groups in total. The lowest BCUT2D eigenvalue weighted by Gasteiger charge is -1.56. The van der Waals surface area contributed by atoms with Gasteiger partial charge < -0.3 is 10.8 Å². The van der Waals surface area contributed by atoms with Crippen molar-refractivity contribution in [1.82, 2.24) is 0 Å². The van der Waals surface area contributed by atoms with Crippen LogP contribution in [0.5, 0.6) is 0 Å². The zero-order valence-electron chi connectivity index (χ0n) is 3.81. The van der Waals surface area contributed by atoms with E-state index < -0.39 is 0 Å². The molecule has 0 rings (SSSR count). The molecule has 0 atom stereocenters. The highest BCUT2D eigenvalue weighted by atomic mass is 16.2. The lowest BCUT2D eigenvalue weighted by molar-refractivity contribution is 0.399. The highest BCUT2D eigenvalue weighted by molar-refractivity contribution is 4.83. The van der Waals surface area contributed by atoms with Gasteiger partial charge in [-0.05, 0) is 0 Å². The highest BCUT2D eigenvalue weighted by Gasteiger charge is 1.41. The Balaban J connectivity index is 0. The van der Waals surface area contributed by atoms with E-state index >= 15 is 0 Å². The normalized spacial score (nSPS) is 4.33. The van der Waals surface area contributed by atoms with E-state index in [1.165, 1.54) is 0 Å². The summed E-state index contributed by atoms with van der Waals surface area (Å²) in [5.74, 6) is 2.21. The lowest BCUT2D eigenvalue weighted by atomic mass is 10.7. The van der Waals surface area contributed by atoms with Crippen molar-refractivity contribution in [3.63, 3.8) is 0 Å². The van der Waals surface area contributed by atoms with Gasteiger partial charge in [0.15, 0.2) is 0 Å². The topological polar surface area (TPSA) is 46.2 Å². The van der Waals surface area contributed by atoms with E-state index in [1.54, 1.807) is 0 Å². The van der Waals surface area contributed by atoms with Crippen LogP contribution < -0.4 is 5.73 Å². The van der Waals surface area contributed by atoms with Gasteiger partial charge in [0.2, 0.25) is 0 Å². The second-order valence-corrected chi connectivity index (χ2v) is 0.408. The molecule has 0 bridgehead atoms.